The maximum atomic E-state index is 5.40. The predicted molar refractivity (Wildman–Crippen MR) is 97.3 cm³/mol. The molecule has 0 atom stereocenters. The third kappa shape index (κ3) is 3.39. The molecule has 1 saturated heterocycles. The van der Waals surface area contributed by atoms with Crippen LogP contribution in [0.2, 0.25) is 0 Å². The quantitative estimate of drug-likeness (QED) is 0.731. The van der Waals surface area contributed by atoms with Gasteiger partial charge in [-0.15, -0.1) is 0 Å². The van der Waals surface area contributed by atoms with E-state index in [1.54, 1.807) is 0 Å². The standard InChI is InChI=1S/C19H21N5O/c1-2-23-10-12-24(13-11-23)17-9-8-16(14-20-17)19-21-18(22-25-19)15-6-4-3-5-7-15/h3-9,14H,2,10-13H2,1H3. The average molecular weight is 335 g/mol. The Labute approximate surface area is 147 Å². The maximum Gasteiger partial charge on any atom is 0.259 e. The van der Waals surface area contributed by atoms with E-state index in [1.165, 1.54) is 0 Å². The summed E-state index contributed by atoms with van der Waals surface area (Å²) in [4.78, 5) is 13.8. The summed E-state index contributed by atoms with van der Waals surface area (Å²) in [5.41, 5.74) is 1.78. The summed E-state index contributed by atoms with van der Waals surface area (Å²) >= 11 is 0. The molecule has 0 bridgehead atoms. The van der Waals surface area contributed by atoms with Gasteiger partial charge in [0.25, 0.3) is 5.89 Å². The molecular formula is C19H21N5O. The molecule has 128 valence electrons. The van der Waals surface area contributed by atoms with Crippen LogP contribution in [-0.4, -0.2) is 52.7 Å². The van der Waals surface area contributed by atoms with Crippen LogP contribution in [0.1, 0.15) is 6.92 Å². The molecule has 6 heteroatoms. The fourth-order valence-electron chi connectivity index (χ4n) is 3.04. The number of hydrogen-bond acceptors (Lipinski definition) is 6. The summed E-state index contributed by atoms with van der Waals surface area (Å²) in [5.74, 6) is 2.09. The maximum absolute atomic E-state index is 5.40. The Kier molecular flexibility index (Phi) is 4.43. The van der Waals surface area contributed by atoms with Gasteiger partial charge < -0.3 is 14.3 Å². The molecule has 2 aromatic heterocycles. The van der Waals surface area contributed by atoms with Gasteiger partial charge in [0.15, 0.2) is 0 Å². The van der Waals surface area contributed by atoms with E-state index in [0.717, 1.165) is 49.7 Å². The van der Waals surface area contributed by atoms with Crippen molar-refractivity contribution in [2.75, 3.05) is 37.6 Å². The van der Waals surface area contributed by atoms with Crippen molar-refractivity contribution >= 4 is 5.82 Å². The molecule has 3 heterocycles. The molecule has 1 aliphatic heterocycles. The van der Waals surface area contributed by atoms with Gasteiger partial charge in [-0.05, 0) is 18.7 Å². The van der Waals surface area contributed by atoms with Gasteiger partial charge in [0.05, 0.1) is 5.56 Å². The van der Waals surface area contributed by atoms with Gasteiger partial charge in [-0.3, -0.25) is 0 Å². The second kappa shape index (κ2) is 7.03. The monoisotopic (exact) mass is 335 g/mol. The lowest BCUT2D eigenvalue weighted by atomic mass is 10.2. The van der Waals surface area contributed by atoms with Crippen molar-refractivity contribution in [3.05, 3.63) is 48.7 Å². The number of piperazine rings is 1. The Morgan fingerprint density at radius 2 is 1.76 bits per heavy atom. The van der Waals surface area contributed by atoms with E-state index in [9.17, 15) is 0 Å². The molecule has 1 aromatic carbocycles. The third-order valence-electron chi connectivity index (χ3n) is 4.60. The smallest absolute Gasteiger partial charge is 0.259 e. The van der Waals surface area contributed by atoms with E-state index in [0.29, 0.717) is 11.7 Å². The molecule has 3 aromatic rings. The Morgan fingerprint density at radius 3 is 2.44 bits per heavy atom. The Balaban J connectivity index is 1.48. The SMILES string of the molecule is CCN1CCN(c2ccc(-c3nc(-c4ccccc4)no3)cn2)CC1. The Morgan fingerprint density at radius 1 is 0.960 bits per heavy atom. The van der Waals surface area contributed by atoms with Gasteiger partial charge in [0.2, 0.25) is 5.82 Å². The lowest BCUT2D eigenvalue weighted by Crippen LogP contribution is -2.46. The lowest BCUT2D eigenvalue weighted by Gasteiger charge is -2.34. The van der Waals surface area contributed by atoms with Crippen LogP contribution in [0.5, 0.6) is 0 Å². The van der Waals surface area contributed by atoms with Gasteiger partial charge >= 0.3 is 0 Å². The molecule has 1 aliphatic rings. The number of anilines is 1. The lowest BCUT2D eigenvalue weighted by molar-refractivity contribution is 0.270. The minimum atomic E-state index is 0.494. The van der Waals surface area contributed by atoms with Gasteiger partial charge in [0.1, 0.15) is 5.82 Å². The number of hydrogen-bond donors (Lipinski definition) is 0. The summed E-state index contributed by atoms with van der Waals surface area (Å²) in [7, 11) is 0. The number of benzene rings is 1. The first-order valence-corrected chi connectivity index (χ1v) is 8.66. The van der Waals surface area contributed by atoms with Crippen LogP contribution in [0.25, 0.3) is 22.8 Å². The van der Waals surface area contributed by atoms with Crippen LogP contribution < -0.4 is 4.90 Å². The van der Waals surface area contributed by atoms with Gasteiger partial charge in [-0.2, -0.15) is 4.98 Å². The number of rotatable bonds is 4. The second-order valence-electron chi connectivity index (χ2n) is 6.12. The number of nitrogens with zero attached hydrogens (tertiary/aromatic N) is 5. The molecule has 4 rings (SSSR count). The highest BCUT2D eigenvalue weighted by molar-refractivity contribution is 5.60. The summed E-state index contributed by atoms with van der Waals surface area (Å²) in [6, 6.07) is 13.8. The van der Waals surface area contributed by atoms with E-state index < -0.39 is 0 Å². The van der Waals surface area contributed by atoms with Crippen molar-refractivity contribution in [3.63, 3.8) is 0 Å². The van der Waals surface area contributed by atoms with Crippen LogP contribution >= 0.6 is 0 Å². The van der Waals surface area contributed by atoms with Crippen molar-refractivity contribution in [3.8, 4) is 22.8 Å². The summed E-state index contributed by atoms with van der Waals surface area (Å²) in [6.45, 7) is 7.52. The van der Waals surface area contributed by atoms with E-state index in [1.807, 2.05) is 48.7 Å². The molecule has 1 fully saturated rings. The van der Waals surface area contributed by atoms with Crippen molar-refractivity contribution < 1.29 is 4.52 Å². The first kappa shape index (κ1) is 15.8. The highest BCUT2D eigenvalue weighted by Crippen LogP contribution is 2.23. The van der Waals surface area contributed by atoms with Crippen molar-refractivity contribution in [1.82, 2.24) is 20.0 Å². The molecule has 25 heavy (non-hydrogen) atoms. The molecule has 0 saturated carbocycles. The van der Waals surface area contributed by atoms with Crippen LogP contribution in [-0.2, 0) is 0 Å². The first-order chi connectivity index (χ1) is 12.3. The zero-order chi connectivity index (χ0) is 17.1. The predicted octanol–water partition coefficient (Wildman–Crippen LogP) is 2.94. The largest absolute Gasteiger partial charge is 0.354 e. The highest BCUT2D eigenvalue weighted by atomic mass is 16.5. The number of pyridine rings is 1. The van der Waals surface area contributed by atoms with Crippen LogP contribution in [0.15, 0.2) is 53.2 Å². The third-order valence-corrected chi connectivity index (χ3v) is 4.60. The normalized spacial score (nSPS) is 15.5. The van der Waals surface area contributed by atoms with E-state index in [4.69, 9.17) is 4.52 Å². The molecule has 0 spiro atoms. The van der Waals surface area contributed by atoms with Crippen LogP contribution in [0.3, 0.4) is 0 Å². The number of likely N-dealkylation sites (N-methyl/N-ethyl adjacent to an activating group) is 1. The Hall–Kier alpha value is -2.73. The summed E-state index contributed by atoms with van der Waals surface area (Å²) < 4.78 is 5.40. The van der Waals surface area contributed by atoms with E-state index in [-0.39, 0.29) is 0 Å². The van der Waals surface area contributed by atoms with E-state index >= 15 is 0 Å². The molecular weight excluding hydrogens is 314 g/mol. The molecule has 0 radical (unpaired) electrons. The Bertz CT molecular complexity index is 807. The molecule has 6 nitrogen and oxygen atoms in total. The van der Waals surface area contributed by atoms with Crippen LogP contribution in [0, 0.1) is 0 Å². The minimum Gasteiger partial charge on any atom is -0.354 e. The number of aromatic nitrogens is 3. The van der Waals surface area contributed by atoms with Crippen molar-refractivity contribution in [2.24, 2.45) is 0 Å². The van der Waals surface area contributed by atoms with Gasteiger partial charge in [0, 0.05) is 37.9 Å². The molecule has 0 aliphatic carbocycles. The average Bonchev–Trinajstić information content (AvgIpc) is 3.19. The molecule has 0 unspecified atom stereocenters. The first-order valence-electron chi connectivity index (χ1n) is 8.66. The summed E-state index contributed by atoms with van der Waals surface area (Å²) in [5, 5.41) is 4.06. The second-order valence-corrected chi connectivity index (χ2v) is 6.12. The fourth-order valence-corrected chi connectivity index (χ4v) is 3.04. The summed E-state index contributed by atoms with van der Waals surface area (Å²) in [6.07, 6.45) is 1.81. The molecule has 0 amide bonds. The van der Waals surface area contributed by atoms with Crippen molar-refractivity contribution in [2.45, 2.75) is 6.92 Å². The zero-order valence-corrected chi connectivity index (χ0v) is 14.3. The van der Waals surface area contributed by atoms with Crippen molar-refractivity contribution in [1.29, 1.82) is 0 Å². The zero-order valence-electron chi connectivity index (χ0n) is 14.3. The molecule has 0 N–H and O–H groups in total. The topological polar surface area (TPSA) is 58.3 Å². The highest BCUT2D eigenvalue weighted by Gasteiger charge is 2.17. The van der Waals surface area contributed by atoms with Crippen LogP contribution in [0.4, 0.5) is 5.82 Å². The fraction of sp³-hybridized carbons (Fsp3) is 0.316. The van der Waals surface area contributed by atoms with Gasteiger partial charge in [-0.1, -0.05) is 42.4 Å². The van der Waals surface area contributed by atoms with E-state index in [2.05, 4.69) is 31.8 Å². The van der Waals surface area contributed by atoms with Gasteiger partial charge in [-0.25, -0.2) is 4.98 Å². The minimum absolute atomic E-state index is 0.494.